The predicted molar refractivity (Wildman–Crippen MR) is 480 cm³/mol. The fourth-order valence-corrected chi connectivity index (χ4v) is 21.9. The number of ether oxygens (including phenoxy) is 12. The lowest BCUT2D eigenvalue weighted by Gasteiger charge is -2.31. The molecule has 17 rings (SSSR count). The number of thiophene rings is 6. The molecule has 12 heterocycles. The van der Waals surface area contributed by atoms with Crippen molar-refractivity contribution in [2.45, 2.75) is 89.4 Å². The Bertz CT molecular complexity index is 5560. The lowest BCUT2D eigenvalue weighted by Crippen LogP contribution is -2.16. The number of hydrogen-bond acceptors (Lipinski definition) is 30. The Hall–Kier alpha value is -8.55. The lowest BCUT2D eigenvalue weighted by molar-refractivity contribution is 0.170. The van der Waals surface area contributed by atoms with Crippen LogP contribution in [0.5, 0.6) is 69.0 Å². The van der Waals surface area contributed by atoms with Gasteiger partial charge in [0, 0.05) is 22.3 Å². The molecule has 123 heavy (non-hydrogen) atoms. The summed E-state index contributed by atoms with van der Waals surface area (Å²) < 4.78 is 208. The molecule has 0 amide bonds. The third-order valence-electron chi connectivity index (χ3n) is 19.0. The van der Waals surface area contributed by atoms with Gasteiger partial charge >= 0.3 is 0 Å². The van der Waals surface area contributed by atoms with Crippen LogP contribution in [0.25, 0.3) is 48.8 Å². The van der Waals surface area contributed by atoms with Crippen molar-refractivity contribution in [2.24, 2.45) is 0 Å². The van der Waals surface area contributed by atoms with Crippen molar-refractivity contribution in [3.63, 3.8) is 0 Å². The first-order valence-corrected chi connectivity index (χ1v) is 52.7. The molecule has 0 bridgehead atoms. The summed E-state index contributed by atoms with van der Waals surface area (Å²) in [7, 11) is -18.8. The van der Waals surface area contributed by atoms with Crippen LogP contribution in [0.2, 0.25) is 0 Å². The Labute approximate surface area is 741 Å². The van der Waals surface area contributed by atoms with E-state index in [0.29, 0.717) is 186 Å². The highest BCUT2D eigenvalue weighted by Gasteiger charge is 2.41. The summed E-state index contributed by atoms with van der Waals surface area (Å²) in [6, 6.07) is 56.2. The van der Waals surface area contributed by atoms with Gasteiger partial charge in [-0.2, -0.15) is 25.3 Å². The number of benzene rings is 5. The van der Waals surface area contributed by atoms with Gasteiger partial charge in [0.1, 0.15) is 79.3 Å². The van der Waals surface area contributed by atoms with Gasteiger partial charge in [-0.1, -0.05) is 166 Å². The van der Waals surface area contributed by atoms with Crippen molar-refractivity contribution in [1.29, 1.82) is 0 Å². The second-order valence-electron chi connectivity index (χ2n) is 28.8. The van der Waals surface area contributed by atoms with Gasteiger partial charge in [0.25, 0.3) is 30.4 Å². The molecule has 11 aromatic rings. The van der Waals surface area contributed by atoms with Crippen molar-refractivity contribution in [3.8, 4) is 118 Å². The van der Waals surface area contributed by atoms with E-state index >= 15 is 0 Å². The summed E-state index contributed by atoms with van der Waals surface area (Å²) in [6.07, 6.45) is 9.13. The maximum Gasteiger partial charge on any atom is 0.261 e. The Morgan fingerprint density at radius 2 is 0.431 bits per heavy atom. The van der Waals surface area contributed by atoms with Gasteiger partial charge in [-0.05, 0) is 103 Å². The molecule has 6 aliphatic rings. The van der Waals surface area contributed by atoms with Crippen molar-refractivity contribution in [3.05, 3.63) is 189 Å². The molecule has 0 fully saturated rings. The van der Waals surface area contributed by atoms with E-state index in [9.17, 15) is 25.3 Å². The van der Waals surface area contributed by atoms with Crippen LogP contribution in [0, 0.1) is 13.8 Å². The molecule has 0 saturated heterocycles. The number of fused-ring (bicyclic) bond motifs is 6. The number of aryl methyl sites for hydroxylation is 2. The van der Waals surface area contributed by atoms with Gasteiger partial charge < -0.3 is 65.9 Å². The van der Waals surface area contributed by atoms with E-state index in [1.807, 2.05) is 0 Å². The molecule has 27 nitrogen and oxygen atoms in total. The first-order valence-electron chi connectivity index (χ1n) is 38.7. The molecule has 3 N–H and O–H groups in total. The molecule has 5 aromatic carbocycles. The van der Waals surface area contributed by atoms with Crippen LogP contribution in [-0.4, -0.2) is 175 Å². The van der Waals surface area contributed by atoms with Crippen LogP contribution in [0.3, 0.4) is 0 Å². The van der Waals surface area contributed by atoms with Gasteiger partial charge in [0.2, 0.25) is 0 Å². The fourth-order valence-electron chi connectivity index (χ4n) is 14.4. The van der Waals surface area contributed by atoms with Crippen LogP contribution < -0.4 is 56.8 Å². The van der Waals surface area contributed by atoms with Crippen molar-refractivity contribution < 1.29 is 122 Å². The standard InChI is InChI=1S/C42H46.C38H30O12S6.5CH4O3S/c1-3-34(36-21-11-5-12-22-36)30-41(38-25-15-7-16-26-38)32-42(39-27-17-8-18-28-39)31-40(37-23-13-6-14-24-37)29-33(2)35-19-9-4-10-20-35;1-15-17-19(41-5-3-39-17)29(51-15)31-21-23(45-9-7-43-21)33(53-31)35-25-27(49-13-11-47-25)37(55-35)38-28-26(48-12-14-50-28)36(56-38)34-24-22(44-8-10-46-24)32(54-34)30-20-18(16(2)52-30)40-4-6-42-20;5*1-5(2,3)4/h4-28,33-34,40-42H,3,29-32H2,1-2H3;3-14H2,1-2H3;5*1H3,(H,2,3,4)/p-2. The number of hydrogen-bond donors (Lipinski definition) is 3. The third-order valence-corrected chi connectivity index (χ3v) is 26.6. The molecule has 0 saturated carbocycles. The summed E-state index contributed by atoms with van der Waals surface area (Å²) in [5.41, 5.74) is 7.32. The normalized spacial score (nSPS) is 15.3. The molecule has 664 valence electrons. The maximum absolute atomic E-state index is 9.19. The molecule has 0 aliphatic carbocycles. The fraction of sp³-hybridized carbons (Fsp3) is 0.365. The first kappa shape index (κ1) is 95.1. The van der Waals surface area contributed by atoms with Gasteiger partial charge in [0.05, 0.1) is 87.8 Å². The van der Waals surface area contributed by atoms with E-state index in [2.05, 4.69) is 179 Å². The van der Waals surface area contributed by atoms with Crippen LogP contribution in [0.4, 0.5) is 0 Å². The quantitative estimate of drug-likeness (QED) is 0.0633. The maximum atomic E-state index is 9.19. The Morgan fingerprint density at radius 1 is 0.276 bits per heavy atom. The van der Waals surface area contributed by atoms with Gasteiger partial charge in [-0.15, -0.1) is 68.0 Å². The Morgan fingerprint density at radius 3 is 0.634 bits per heavy atom. The monoisotopic (exact) mass is 1900 g/mol. The van der Waals surface area contributed by atoms with E-state index in [1.165, 1.54) is 34.2 Å². The molecule has 0 spiro atoms. The van der Waals surface area contributed by atoms with E-state index in [4.69, 9.17) is 96.4 Å². The zero-order chi connectivity index (χ0) is 88.6. The summed E-state index contributed by atoms with van der Waals surface area (Å²) >= 11 is 9.69. The Balaban J connectivity index is 0.000000193. The predicted octanol–water partition coefficient (Wildman–Crippen LogP) is 18.4. The Kier molecular flexibility index (Phi) is 33.0. The lowest BCUT2D eigenvalue weighted by atomic mass is 9.73. The zero-order valence-electron chi connectivity index (χ0n) is 68.5. The zero-order valence-corrected chi connectivity index (χ0v) is 77.5. The SMILES string of the molecule is CCC(CC(CC(CC(CC(C)c1ccccc1)c1ccccc1)c1ccccc1)c1ccccc1)c1ccccc1.CS(=O)(=O)O.CS(=O)(=O)O.CS(=O)(=O)O.CS(=O)(=O)[O-].CS(=O)(=O)[O-].Cc1sc(-c2sc(-c3sc(-c4sc(-c5sc(-c6sc(C)c7c6OCCO7)c6c5OCCO6)c5c4OCCO5)c4c3OCCO4)c3c2OCCO3)c2c1OCCO2. The topological polar surface area (TPSA) is 388 Å². The molecular formula is C85H94O27S11-2. The minimum absolute atomic E-state index is 0.419. The summed E-state index contributed by atoms with van der Waals surface area (Å²) in [4.78, 5) is 11.4. The number of rotatable bonds is 19. The van der Waals surface area contributed by atoms with Crippen LogP contribution in [0.15, 0.2) is 152 Å². The summed E-state index contributed by atoms with van der Waals surface area (Å²) in [6.45, 7) is 14.4. The smallest absolute Gasteiger partial charge is 0.261 e. The van der Waals surface area contributed by atoms with Crippen molar-refractivity contribution in [2.75, 3.05) is 111 Å². The van der Waals surface area contributed by atoms with Gasteiger partial charge in [0.15, 0.2) is 69.0 Å². The molecule has 5 unspecified atom stereocenters. The third kappa shape index (κ3) is 27.2. The second-order valence-corrected chi connectivity index (χ2v) is 42.6. The highest BCUT2D eigenvalue weighted by Crippen LogP contribution is 2.69. The summed E-state index contributed by atoms with van der Waals surface area (Å²) in [5.74, 6) is 11.1. The second kappa shape index (κ2) is 42.6. The van der Waals surface area contributed by atoms with E-state index < -0.39 is 50.6 Å². The van der Waals surface area contributed by atoms with E-state index in [-0.39, 0.29) is 0 Å². The molecular weight excluding hydrogens is 1810 g/mol. The molecule has 6 aliphatic heterocycles. The molecule has 38 heteroatoms. The first-order chi connectivity index (χ1) is 58.3. The van der Waals surface area contributed by atoms with E-state index in [0.717, 1.165) is 107 Å². The molecule has 6 aromatic heterocycles. The largest absolute Gasteiger partial charge is 0.748 e. The van der Waals surface area contributed by atoms with Gasteiger partial charge in [-0.25, -0.2) is 16.8 Å². The van der Waals surface area contributed by atoms with Crippen LogP contribution in [0.1, 0.15) is 113 Å². The van der Waals surface area contributed by atoms with Gasteiger partial charge in [-0.3, -0.25) is 13.7 Å². The average Bonchev–Trinajstić information content (AvgIpc) is 1.57. The minimum atomic E-state index is -3.92. The van der Waals surface area contributed by atoms with Crippen LogP contribution in [-0.2, 0) is 50.6 Å². The average molecular weight is 1900 g/mol. The van der Waals surface area contributed by atoms with Crippen molar-refractivity contribution in [1.82, 2.24) is 0 Å². The molecule has 5 atom stereocenters. The van der Waals surface area contributed by atoms with Crippen molar-refractivity contribution >= 4 is 119 Å². The summed E-state index contributed by atoms with van der Waals surface area (Å²) in [5, 5.41) is 0. The highest BCUT2D eigenvalue weighted by molar-refractivity contribution is 7.85. The van der Waals surface area contributed by atoms with Crippen LogP contribution >= 0.6 is 68.0 Å². The highest BCUT2D eigenvalue weighted by atomic mass is 32.2. The minimum Gasteiger partial charge on any atom is -0.748 e. The molecule has 0 radical (unpaired) electrons. The van der Waals surface area contributed by atoms with E-state index in [1.54, 1.807) is 68.0 Å².